The number of hydrogen-bond donors (Lipinski definition) is 4. The molecule has 1 heterocycles. The molecular formula is C27H26FN5O3. The molecule has 9 heteroatoms. The monoisotopic (exact) mass is 487 g/mol. The summed E-state index contributed by atoms with van der Waals surface area (Å²) in [6, 6.07) is 17.5. The van der Waals surface area contributed by atoms with Crippen LogP contribution in [-0.2, 0) is 16.1 Å². The van der Waals surface area contributed by atoms with Gasteiger partial charge in [0.05, 0.1) is 7.11 Å². The van der Waals surface area contributed by atoms with E-state index in [2.05, 4.69) is 20.9 Å². The summed E-state index contributed by atoms with van der Waals surface area (Å²) in [5.74, 6) is -0.367. The zero-order valence-electron chi connectivity index (χ0n) is 19.8. The third-order valence-corrected chi connectivity index (χ3v) is 5.60. The van der Waals surface area contributed by atoms with Crippen LogP contribution in [0.15, 0.2) is 72.9 Å². The molecule has 0 fully saturated rings. The molecule has 1 unspecified atom stereocenters. The minimum atomic E-state index is -1.06. The predicted octanol–water partition coefficient (Wildman–Crippen LogP) is 4.39. The molecule has 0 aliphatic heterocycles. The van der Waals surface area contributed by atoms with E-state index in [1.54, 1.807) is 42.6 Å². The number of pyridine rings is 1. The van der Waals surface area contributed by atoms with E-state index >= 15 is 0 Å². The molecule has 184 valence electrons. The van der Waals surface area contributed by atoms with Crippen molar-refractivity contribution in [1.82, 2.24) is 10.3 Å². The molecule has 0 saturated carbocycles. The van der Waals surface area contributed by atoms with Gasteiger partial charge in [0.25, 0.3) is 0 Å². The molecule has 8 nitrogen and oxygen atoms in total. The second kappa shape index (κ2) is 10.7. The molecule has 0 saturated heterocycles. The van der Waals surface area contributed by atoms with E-state index in [4.69, 9.17) is 10.5 Å². The first-order valence-electron chi connectivity index (χ1n) is 11.2. The van der Waals surface area contributed by atoms with Crippen molar-refractivity contribution in [2.24, 2.45) is 0 Å². The van der Waals surface area contributed by atoms with Crippen LogP contribution in [0.25, 0.3) is 10.8 Å². The van der Waals surface area contributed by atoms with Gasteiger partial charge in [0.15, 0.2) is 0 Å². The van der Waals surface area contributed by atoms with E-state index in [1.165, 1.54) is 32.2 Å². The lowest BCUT2D eigenvalue weighted by atomic mass is 10.0. The Morgan fingerprint density at radius 1 is 1.06 bits per heavy atom. The number of nitrogens with zero attached hydrogens (tertiary/aromatic N) is 1. The van der Waals surface area contributed by atoms with Gasteiger partial charge in [-0.15, -0.1) is 0 Å². The molecule has 2 amide bonds. The van der Waals surface area contributed by atoms with Gasteiger partial charge in [-0.2, -0.15) is 0 Å². The van der Waals surface area contributed by atoms with Crippen molar-refractivity contribution in [3.05, 3.63) is 89.9 Å². The van der Waals surface area contributed by atoms with Crippen molar-refractivity contribution in [2.45, 2.75) is 19.5 Å². The van der Waals surface area contributed by atoms with Crippen LogP contribution in [0, 0.1) is 5.82 Å². The van der Waals surface area contributed by atoms with Crippen LogP contribution in [-0.4, -0.2) is 23.9 Å². The van der Waals surface area contributed by atoms with Crippen molar-refractivity contribution in [2.75, 3.05) is 23.5 Å². The molecule has 1 aromatic heterocycles. The number of aromatic nitrogens is 1. The fourth-order valence-electron chi connectivity index (χ4n) is 3.87. The molecule has 0 aliphatic carbocycles. The Bertz CT molecular complexity index is 1430. The maximum absolute atomic E-state index is 14.9. The van der Waals surface area contributed by atoms with Crippen LogP contribution in [0.1, 0.15) is 24.1 Å². The summed E-state index contributed by atoms with van der Waals surface area (Å²) >= 11 is 0. The number of fused-ring (bicyclic) bond motifs is 1. The Morgan fingerprint density at radius 3 is 2.67 bits per heavy atom. The van der Waals surface area contributed by atoms with Gasteiger partial charge in [-0.1, -0.05) is 12.1 Å². The highest BCUT2D eigenvalue weighted by Gasteiger charge is 2.24. The number of ether oxygens (including phenoxy) is 1. The molecule has 1 atom stereocenters. The number of amides is 2. The minimum Gasteiger partial charge on any atom is -0.497 e. The summed E-state index contributed by atoms with van der Waals surface area (Å²) < 4.78 is 20.2. The van der Waals surface area contributed by atoms with Crippen LogP contribution >= 0.6 is 0 Å². The summed E-state index contributed by atoms with van der Waals surface area (Å²) in [7, 11) is 1.48. The number of hydrogen-bond acceptors (Lipinski definition) is 6. The Balaban J connectivity index is 1.62. The second-order valence-electron chi connectivity index (χ2n) is 8.20. The Labute approximate surface area is 207 Å². The number of anilines is 3. The SMILES string of the molecule is COc1ccc(F)c(C(Nc2ccc3c(N)nccc3c2)C(=O)NCc2cccc(NC(C)=O)c2)c1. The van der Waals surface area contributed by atoms with E-state index in [0.29, 0.717) is 22.9 Å². The Hall–Kier alpha value is -4.66. The number of methoxy groups -OCH3 is 1. The van der Waals surface area contributed by atoms with Crippen molar-refractivity contribution in [3.63, 3.8) is 0 Å². The highest BCUT2D eigenvalue weighted by atomic mass is 19.1. The van der Waals surface area contributed by atoms with E-state index in [9.17, 15) is 14.0 Å². The molecular weight excluding hydrogens is 461 g/mol. The number of benzene rings is 3. The third kappa shape index (κ3) is 5.69. The molecule has 4 aromatic rings. The second-order valence-corrected chi connectivity index (χ2v) is 8.20. The van der Waals surface area contributed by atoms with Gasteiger partial charge in [0.1, 0.15) is 23.4 Å². The molecule has 0 radical (unpaired) electrons. The number of nitrogen functional groups attached to an aromatic ring is 1. The van der Waals surface area contributed by atoms with E-state index in [1.807, 2.05) is 12.1 Å². The number of nitrogens with one attached hydrogen (secondary N) is 3. The van der Waals surface area contributed by atoms with Crippen LogP contribution in [0.3, 0.4) is 0 Å². The van der Waals surface area contributed by atoms with Crippen LogP contribution in [0.5, 0.6) is 5.75 Å². The third-order valence-electron chi connectivity index (χ3n) is 5.60. The van der Waals surface area contributed by atoms with E-state index in [-0.39, 0.29) is 18.0 Å². The number of carbonyl (C=O) groups is 2. The highest BCUT2D eigenvalue weighted by Crippen LogP contribution is 2.29. The highest BCUT2D eigenvalue weighted by molar-refractivity contribution is 5.94. The van der Waals surface area contributed by atoms with Gasteiger partial charge in [-0.3, -0.25) is 9.59 Å². The lowest BCUT2D eigenvalue weighted by molar-refractivity contribution is -0.122. The first-order valence-corrected chi connectivity index (χ1v) is 11.2. The first-order chi connectivity index (χ1) is 17.3. The zero-order valence-corrected chi connectivity index (χ0v) is 19.8. The maximum atomic E-state index is 14.9. The smallest absolute Gasteiger partial charge is 0.247 e. The largest absolute Gasteiger partial charge is 0.497 e. The molecule has 4 rings (SSSR count). The fraction of sp³-hybridized carbons (Fsp3) is 0.148. The van der Waals surface area contributed by atoms with Crippen LogP contribution < -0.4 is 26.4 Å². The topological polar surface area (TPSA) is 118 Å². The zero-order chi connectivity index (χ0) is 25.7. The van der Waals surface area contributed by atoms with Crippen LogP contribution in [0.4, 0.5) is 21.6 Å². The normalized spacial score (nSPS) is 11.5. The summed E-state index contributed by atoms with van der Waals surface area (Å²) in [4.78, 5) is 28.8. The molecule has 5 N–H and O–H groups in total. The van der Waals surface area contributed by atoms with E-state index < -0.39 is 17.8 Å². The number of halogens is 1. The van der Waals surface area contributed by atoms with Crippen LogP contribution in [0.2, 0.25) is 0 Å². The van der Waals surface area contributed by atoms with Gasteiger partial charge in [-0.05, 0) is 65.5 Å². The molecule has 36 heavy (non-hydrogen) atoms. The minimum absolute atomic E-state index is 0.133. The quantitative estimate of drug-likeness (QED) is 0.293. The van der Waals surface area contributed by atoms with Crippen molar-refractivity contribution >= 4 is 39.8 Å². The van der Waals surface area contributed by atoms with Crippen molar-refractivity contribution < 1.29 is 18.7 Å². The van der Waals surface area contributed by atoms with Gasteiger partial charge < -0.3 is 26.4 Å². The number of carbonyl (C=O) groups excluding carboxylic acids is 2. The van der Waals surface area contributed by atoms with Gasteiger partial charge in [0.2, 0.25) is 11.8 Å². The lowest BCUT2D eigenvalue weighted by Gasteiger charge is -2.21. The summed E-state index contributed by atoms with van der Waals surface area (Å²) in [5.41, 5.74) is 8.07. The molecule has 3 aromatic carbocycles. The van der Waals surface area contributed by atoms with Gasteiger partial charge >= 0.3 is 0 Å². The molecule has 0 aliphatic rings. The summed E-state index contributed by atoms with van der Waals surface area (Å²) in [6.07, 6.45) is 1.60. The fourth-order valence-corrected chi connectivity index (χ4v) is 3.87. The Morgan fingerprint density at radius 2 is 1.89 bits per heavy atom. The van der Waals surface area contributed by atoms with Crippen molar-refractivity contribution in [3.8, 4) is 5.75 Å². The average molecular weight is 488 g/mol. The lowest BCUT2D eigenvalue weighted by Crippen LogP contribution is -2.33. The number of rotatable bonds is 8. The first kappa shape index (κ1) is 24.5. The molecule has 0 bridgehead atoms. The van der Waals surface area contributed by atoms with E-state index in [0.717, 1.165) is 16.3 Å². The predicted molar refractivity (Wildman–Crippen MR) is 138 cm³/mol. The average Bonchev–Trinajstić information content (AvgIpc) is 2.86. The standard InChI is InChI=1S/C27H26FN5O3/c1-16(34)32-19-5-3-4-17(12-19)15-31-27(35)25(23-14-21(36-2)7-9-24(23)28)33-20-6-8-22-18(13-20)10-11-30-26(22)29/h3-14,25,33H,15H2,1-2H3,(H2,29,30)(H,31,35)(H,32,34). The maximum Gasteiger partial charge on any atom is 0.247 e. The summed E-state index contributed by atoms with van der Waals surface area (Å²) in [6.45, 7) is 1.60. The summed E-state index contributed by atoms with van der Waals surface area (Å²) in [5, 5.41) is 10.3. The molecule has 0 spiro atoms. The van der Waals surface area contributed by atoms with Gasteiger partial charge in [0, 0.05) is 42.0 Å². The van der Waals surface area contributed by atoms with Crippen molar-refractivity contribution in [1.29, 1.82) is 0 Å². The van der Waals surface area contributed by atoms with Gasteiger partial charge in [-0.25, -0.2) is 9.37 Å². The number of nitrogens with two attached hydrogens (primary N) is 1. The Kier molecular flexibility index (Phi) is 7.29.